The zero-order chi connectivity index (χ0) is 11.7. The van der Waals surface area contributed by atoms with Crippen LogP contribution < -0.4 is 5.56 Å². The van der Waals surface area contributed by atoms with Crippen LogP contribution in [0.5, 0.6) is 0 Å². The van der Waals surface area contributed by atoms with Gasteiger partial charge in [0.25, 0.3) is 0 Å². The molecule has 1 unspecified atom stereocenters. The van der Waals surface area contributed by atoms with Crippen molar-refractivity contribution in [3.63, 3.8) is 0 Å². The maximum Gasteiger partial charge on any atom is 0.248 e. The molecule has 0 saturated carbocycles. The van der Waals surface area contributed by atoms with Crippen LogP contribution in [-0.2, 0) is 4.79 Å². The van der Waals surface area contributed by atoms with E-state index in [4.69, 9.17) is 0 Å². The van der Waals surface area contributed by atoms with Gasteiger partial charge < -0.3 is 9.88 Å². The smallest absolute Gasteiger partial charge is 0.248 e. The number of aromatic amines is 1. The van der Waals surface area contributed by atoms with E-state index in [1.165, 1.54) is 6.07 Å². The van der Waals surface area contributed by atoms with Gasteiger partial charge in [-0.05, 0) is 31.4 Å². The number of hydrogen-bond acceptors (Lipinski definition) is 2. The van der Waals surface area contributed by atoms with Crippen molar-refractivity contribution >= 4 is 5.91 Å². The topological polar surface area (TPSA) is 53.2 Å². The van der Waals surface area contributed by atoms with Crippen LogP contribution in [0.2, 0.25) is 0 Å². The lowest BCUT2D eigenvalue weighted by Crippen LogP contribution is -2.29. The highest BCUT2D eigenvalue weighted by atomic mass is 16.2. The first-order valence-corrected chi connectivity index (χ1v) is 5.56. The molecule has 1 N–H and O–H groups in total. The van der Waals surface area contributed by atoms with Gasteiger partial charge in [0.1, 0.15) is 0 Å². The third kappa shape index (κ3) is 1.87. The summed E-state index contributed by atoms with van der Waals surface area (Å²) in [4.78, 5) is 27.3. The minimum Gasteiger partial charge on any atom is -0.336 e. The normalized spacial score (nSPS) is 20.1. The molecule has 1 amide bonds. The Morgan fingerprint density at radius 2 is 2.25 bits per heavy atom. The lowest BCUT2D eigenvalue weighted by molar-refractivity contribution is -0.129. The summed E-state index contributed by atoms with van der Waals surface area (Å²) in [6.07, 6.45) is 2.01. The molecule has 1 aromatic heterocycles. The molecule has 4 heteroatoms. The Balaban J connectivity index is 2.36. The number of aryl methyl sites for hydroxylation is 1. The first-order chi connectivity index (χ1) is 7.59. The van der Waals surface area contributed by atoms with Gasteiger partial charge in [0, 0.05) is 25.2 Å². The summed E-state index contributed by atoms with van der Waals surface area (Å²) in [6.45, 7) is 4.30. The van der Waals surface area contributed by atoms with Crippen LogP contribution in [0, 0.1) is 6.92 Å². The molecular weight excluding hydrogens is 204 g/mol. The third-order valence-electron chi connectivity index (χ3n) is 3.17. The number of amides is 1. The predicted molar refractivity (Wildman–Crippen MR) is 61.2 cm³/mol. The zero-order valence-corrected chi connectivity index (χ0v) is 9.62. The van der Waals surface area contributed by atoms with Gasteiger partial charge in [0.15, 0.2) is 0 Å². The van der Waals surface area contributed by atoms with Gasteiger partial charge in [-0.15, -0.1) is 0 Å². The molecule has 0 aliphatic carbocycles. The number of rotatable bonds is 1. The van der Waals surface area contributed by atoms with E-state index < -0.39 is 0 Å². The highest BCUT2D eigenvalue weighted by Crippen LogP contribution is 2.32. The summed E-state index contributed by atoms with van der Waals surface area (Å²) in [5.74, 6) is 0.105. The van der Waals surface area contributed by atoms with E-state index in [1.54, 1.807) is 6.92 Å². The fourth-order valence-electron chi connectivity index (χ4n) is 2.42. The maximum absolute atomic E-state index is 11.5. The van der Waals surface area contributed by atoms with Gasteiger partial charge in [-0.3, -0.25) is 9.59 Å². The second kappa shape index (κ2) is 4.12. The average Bonchev–Trinajstić information content (AvgIpc) is 2.66. The minimum atomic E-state index is -0.0892. The largest absolute Gasteiger partial charge is 0.336 e. The molecule has 1 aromatic rings. The molecule has 2 heterocycles. The number of nitrogens with one attached hydrogen (secondary N) is 1. The molecule has 1 aliphatic heterocycles. The van der Waals surface area contributed by atoms with Crippen LogP contribution in [0.1, 0.15) is 37.1 Å². The summed E-state index contributed by atoms with van der Waals surface area (Å²) >= 11 is 0. The van der Waals surface area contributed by atoms with Crippen molar-refractivity contribution in [3.05, 3.63) is 33.7 Å². The molecule has 1 saturated heterocycles. The molecule has 4 nitrogen and oxygen atoms in total. The first kappa shape index (κ1) is 10.9. The molecule has 0 aromatic carbocycles. The van der Waals surface area contributed by atoms with E-state index in [0.29, 0.717) is 0 Å². The highest BCUT2D eigenvalue weighted by Gasteiger charge is 2.28. The van der Waals surface area contributed by atoms with Gasteiger partial charge in [-0.25, -0.2) is 0 Å². The van der Waals surface area contributed by atoms with Crippen molar-refractivity contribution in [2.45, 2.75) is 32.7 Å². The second-order valence-electron chi connectivity index (χ2n) is 4.27. The van der Waals surface area contributed by atoms with Crippen LogP contribution in [-0.4, -0.2) is 22.3 Å². The van der Waals surface area contributed by atoms with Crippen molar-refractivity contribution in [2.24, 2.45) is 0 Å². The van der Waals surface area contributed by atoms with E-state index in [9.17, 15) is 9.59 Å². The van der Waals surface area contributed by atoms with E-state index >= 15 is 0 Å². The van der Waals surface area contributed by atoms with Crippen molar-refractivity contribution in [1.29, 1.82) is 0 Å². The van der Waals surface area contributed by atoms with E-state index in [-0.39, 0.29) is 17.5 Å². The molecule has 16 heavy (non-hydrogen) atoms. The molecule has 0 bridgehead atoms. The van der Waals surface area contributed by atoms with E-state index in [1.807, 2.05) is 17.9 Å². The zero-order valence-electron chi connectivity index (χ0n) is 9.62. The fraction of sp³-hybridized carbons (Fsp3) is 0.500. The number of nitrogens with zero attached hydrogens (tertiary/aromatic N) is 1. The number of hydrogen-bond donors (Lipinski definition) is 1. The summed E-state index contributed by atoms with van der Waals surface area (Å²) in [7, 11) is 0. The standard InChI is InChI=1S/C12H16N2O2/c1-8-10(5-6-12(16)13-8)11-4-3-7-14(11)9(2)15/h5-6,11H,3-4,7H2,1-2H3,(H,13,16). The molecule has 1 aliphatic rings. The fourth-order valence-corrected chi connectivity index (χ4v) is 2.42. The van der Waals surface area contributed by atoms with Crippen LogP contribution in [0.3, 0.4) is 0 Å². The summed E-state index contributed by atoms with van der Waals surface area (Å²) < 4.78 is 0. The molecule has 2 rings (SSSR count). The van der Waals surface area contributed by atoms with Gasteiger partial charge in [0.2, 0.25) is 11.5 Å². The van der Waals surface area contributed by atoms with Gasteiger partial charge in [-0.2, -0.15) is 0 Å². The lowest BCUT2D eigenvalue weighted by Gasteiger charge is -2.24. The average molecular weight is 220 g/mol. The summed E-state index contributed by atoms with van der Waals surface area (Å²) in [5, 5.41) is 0. The minimum absolute atomic E-state index is 0.0892. The SMILES string of the molecule is CC(=O)N1CCCC1c1ccc(=O)[nH]c1C. The van der Waals surface area contributed by atoms with Crippen molar-refractivity contribution in [3.8, 4) is 0 Å². The first-order valence-electron chi connectivity index (χ1n) is 5.56. The molecular formula is C12H16N2O2. The molecule has 86 valence electrons. The van der Waals surface area contributed by atoms with Crippen molar-refractivity contribution < 1.29 is 4.79 Å². The molecule has 0 radical (unpaired) electrons. The van der Waals surface area contributed by atoms with Crippen molar-refractivity contribution in [1.82, 2.24) is 9.88 Å². The van der Waals surface area contributed by atoms with Gasteiger partial charge in [0.05, 0.1) is 6.04 Å². The number of H-pyrrole nitrogens is 1. The van der Waals surface area contributed by atoms with Gasteiger partial charge >= 0.3 is 0 Å². The lowest BCUT2D eigenvalue weighted by atomic mass is 10.0. The summed E-state index contributed by atoms with van der Waals surface area (Å²) in [6, 6.07) is 3.49. The quantitative estimate of drug-likeness (QED) is 0.777. The monoisotopic (exact) mass is 220 g/mol. The Kier molecular flexibility index (Phi) is 2.81. The summed E-state index contributed by atoms with van der Waals surface area (Å²) in [5.41, 5.74) is 1.84. The Labute approximate surface area is 94.3 Å². The predicted octanol–water partition coefficient (Wildman–Crippen LogP) is 1.37. The number of carbonyl (C=O) groups is 1. The highest BCUT2D eigenvalue weighted by molar-refractivity contribution is 5.74. The Morgan fingerprint density at radius 1 is 1.50 bits per heavy atom. The number of likely N-dealkylation sites (tertiary alicyclic amines) is 1. The van der Waals surface area contributed by atoms with Crippen LogP contribution in [0.15, 0.2) is 16.9 Å². The van der Waals surface area contributed by atoms with Crippen LogP contribution in [0.4, 0.5) is 0 Å². The van der Waals surface area contributed by atoms with E-state index in [2.05, 4.69) is 4.98 Å². The van der Waals surface area contributed by atoms with Gasteiger partial charge in [-0.1, -0.05) is 0 Å². The second-order valence-corrected chi connectivity index (χ2v) is 4.27. The van der Waals surface area contributed by atoms with E-state index in [0.717, 1.165) is 30.6 Å². The maximum atomic E-state index is 11.5. The van der Waals surface area contributed by atoms with Crippen LogP contribution in [0.25, 0.3) is 0 Å². The van der Waals surface area contributed by atoms with Crippen LogP contribution >= 0.6 is 0 Å². The molecule has 1 fully saturated rings. The van der Waals surface area contributed by atoms with Crippen molar-refractivity contribution in [2.75, 3.05) is 6.54 Å². The molecule has 1 atom stereocenters. The Bertz CT molecular complexity index is 464. The number of carbonyl (C=O) groups excluding carboxylic acids is 1. The third-order valence-corrected chi connectivity index (χ3v) is 3.17. The molecule has 0 spiro atoms. The number of pyridine rings is 1. The number of aromatic nitrogens is 1. The Morgan fingerprint density at radius 3 is 2.88 bits per heavy atom. The Hall–Kier alpha value is -1.58.